The number of rotatable bonds is 5. The van der Waals surface area contributed by atoms with E-state index in [1.165, 1.54) is 6.20 Å². The molecule has 0 aromatic carbocycles. The lowest BCUT2D eigenvalue weighted by atomic mass is 10.2. The predicted octanol–water partition coefficient (Wildman–Crippen LogP) is 1.59. The number of nitrogens with one attached hydrogen (secondary N) is 2. The van der Waals surface area contributed by atoms with Crippen molar-refractivity contribution < 1.29 is 14.3 Å². The molecule has 1 atom stereocenters. The van der Waals surface area contributed by atoms with Gasteiger partial charge in [0.2, 0.25) is 0 Å². The molecule has 21 heavy (non-hydrogen) atoms. The standard InChI is InChI=1S/C14H15N3O3S/c1-20-12(10-4-6-21-9-10)8-16-13(18)14(19)17-11-3-2-5-15-7-11/h2-7,9,12H,8H2,1H3,(H,16,18)(H,17,19). The van der Waals surface area contributed by atoms with E-state index in [1.807, 2.05) is 16.8 Å². The summed E-state index contributed by atoms with van der Waals surface area (Å²) in [5.41, 5.74) is 1.44. The van der Waals surface area contributed by atoms with Crippen molar-refractivity contribution in [1.29, 1.82) is 0 Å². The van der Waals surface area contributed by atoms with E-state index in [2.05, 4.69) is 15.6 Å². The maximum atomic E-state index is 11.7. The Labute approximate surface area is 126 Å². The fourth-order valence-corrected chi connectivity index (χ4v) is 2.39. The number of carbonyl (C=O) groups excluding carboxylic acids is 2. The van der Waals surface area contributed by atoms with Gasteiger partial charge in [-0.15, -0.1) is 0 Å². The largest absolute Gasteiger partial charge is 0.375 e. The number of nitrogens with zero attached hydrogens (tertiary/aromatic N) is 1. The molecule has 2 aromatic heterocycles. The Hall–Kier alpha value is -2.25. The van der Waals surface area contributed by atoms with Gasteiger partial charge in [-0.25, -0.2) is 0 Å². The van der Waals surface area contributed by atoms with Gasteiger partial charge in [0.1, 0.15) is 6.10 Å². The van der Waals surface area contributed by atoms with Crippen LogP contribution in [0.15, 0.2) is 41.4 Å². The lowest BCUT2D eigenvalue weighted by molar-refractivity contribution is -0.136. The Morgan fingerprint density at radius 2 is 2.24 bits per heavy atom. The van der Waals surface area contributed by atoms with Crippen molar-refractivity contribution in [3.8, 4) is 0 Å². The first kappa shape index (κ1) is 15.1. The van der Waals surface area contributed by atoms with Crippen LogP contribution in [0.25, 0.3) is 0 Å². The highest BCUT2D eigenvalue weighted by molar-refractivity contribution is 7.07. The van der Waals surface area contributed by atoms with E-state index < -0.39 is 11.8 Å². The monoisotopic (exact) mass is 305 g/mol. The molecule has 0 radical (unpaired) electrons. The van der Waals surface area contributed by atoms with Crippen molar-refractivity contribution in [2.24, 2.45) is 0 Å². The van der Waals surface area contributed by atoms with Gasteiger partial charge in [-0.3, -0.25) is 14.6 Å². The van der Waals surface area contributed by atoms with E-state index in [4.69, 9.17) is 4.74 Å². The molecule has 2 aromatic rings. The first-order chi connectivity index (χ1) is 10.2. The summed E-state index contributed by atoms with van der Waals surface area (Å²) in [7, 11) is 1.56. The quantitative estimate of drug-likeness (QED) is 0.822. The van der Waals surface area contributed by atoms with Gasteiger partial charge in [-0.2, -0.15) is 11.3 Å². The molecule has 110 valence electrons. The molecule has 7 heteroatoms. The molecule has 1 unspecified atom stereocenters. The number of amides is 2. The molecule has 2 rings (SSSR count). The molecule has 2 heterocycles. The van der Waals surface area contributed by atoms with Crippen molar-refractivity contribution in [3.63, 3.8) is 0 Å². The number of anilines is 1. The van der Waals surface area contributed by atoms with E-state index in [0.29, 0.717) is 5.69 Å². The lowest BCUT2D eigenvalue weighted by Gasteiger charge is -2.14. The van der Waals surface area contributed by atoms with Gasteiger partial charge in [0.05, 0.1) is 11.9 Å². The van der Waals surface area contributed by atoms with Gasteiger partial charge in [-0.05, 0) is 34.5 Å². The number of ether oxygens (including phenoxy) is 1. The average molecular weight is 305 g/mol. The summed E-state index contributed by atoms with van der Waals surface area (Å²) in [4.78, 5) is 27.3. The summed E-state index contributed by atoms with van der Waals surface area (Å²) in [6.07, 6.45) is 2.78. The van der Waals surface area contributed by atoms with Gasteiger partial charge in [0.25, 0.3) is 0 Å². The first-order valence-corrected chi connectivity index (χ1v) is 7.19. The highest BCUT2D eigenvalue weighted by Crippen LogP contribution is 2.18. The molecule has 2 amide bonds. The fraction of sp³-hybridized carbons (Fsp3) is 0.214. The molecule has 0 fully saturated rings. The highest BCUT2D eigenvalue weighted by atomic mass is 32.1. The summed E-state index contributed by atoms with van der Waals surface area (Å²) >= 11 is 1.55. The summed E-state index contributed by atoms with van der Waals surface area (Å²) in [5, 5.41) is 8.89. The maximum Gasteiger partial charge on any atom is 0.313 e. The summed E-state index contributed by atoms with van der Waals surface area (Å²) in [6, 6.07) is 5.24. The number of carbonyl (C=O) groups is 2. The topological polar surface area (TPSA) is 80.3 Å². The number of hydrogen-bond donors (Lipinski definition) is 2. The van der Waals surface area contributed by atoms with Gasteiger partial charge >= 0.3 is 11.8 Å². The average Bonchev–Trinajstić information content (AvgIpc) is 3.03. The molecule has 0 aliphatic heterocycles. The Morgan fingerprint density at radius 1 is 1.38 bits per heavy atom. The second kappa shape index (κ2) is 7.51. The van der Waals surface area contributed by atoms with Crippen LogP contribution in [0.2, 0.25) is 0 Å². The van der Waals surface area contributed by atoms with Crippen LogP contribution in [-0.4, -0.2) is 30.5 Å². The lowest BCUT2D eigenvalue weighted by Crippen LogP contribution is -2.37. The van der Waals surface area contributed by atoms with Crippen LogP contribution in [0.1, 0.15) is 11.7 Å². The normalized spacial score (nSPS) is 11.7. The Bertz CT molecular complexity index is 587. The molecule has 0 aliphatic carbocycles. The number of pyridine rings is 1. The van der Waals surface area contributed by atoms with E-state index in [1.54, 1.807) is 36.8 Å². The highest BCUT2D eigenvalue weighted by Gasteiger charge is 2.17. The molecule has 6 nitrogen and oxygen atoms in total. The molecule has 0 bridgehead atoms. The summed E-state index contributed by atoms with van der Waals surface area (Å²) in [5.74, 6) is -1.45. The van der Waals surface area contributed by atoms with E-state index in [9.17, 15) is 9.59 Å². The number of methoxy groups -OCH3 is 1. The Kier molecular flexibility index (Phi) is 5.42. The number of thiophene rings is 1. The van der Waals surface area contributed by atoms with E-state index >= 15 is 0 Å². The van der Waals surface area contributed by atoms with Crippen LogP contribution in [0.5, 0.6) is 0 Å². The van der Waals surface area contributed by atoms with E-state index in [-0.39, 0.29) is 12.6 Å². The predicted molar refractivity (Wildman–Crippen MR) is 79.9 cm³/mol. The van der Waals surface area contributed by atoms with Crippen molar-refractivity contribution >= 4 is 28.8 Å². The van der Waals surface area contributed by atoms with Crippen LogP contribution in [0.4, 0.5) is 5.69 Å². The fourth-order valence-electron chi connectivity index (χ4n) is 1.69. The maximum absolute atomic E-state index is 11.7. The zero-order chi connectivity index (χ0) is 15.1. The zero-order valence-corrected chi connectivity index (χ0v) is 12.2. The number of hydrogen-bond acceptors (Lipinski definition) is 5. The molecule has 2 N–H and O–H groups in total. The Balaban J connectivity index is 1.85. The minimum atomic E-state index is -0.733. The molecule has 0 saturated heterocycles. The zero-order valence-electron chi connectivity index (χ0n) is 11.4. The van der Waals surface area contributed by atoms with E-state index in [0.717, 1.165) is 5.56 Å². The smallest absolute Gasteiger partial charge is 0.313 e. The molecule has 0 spiro atoms. The van der Waals surface area contributed by atoms with Crippen LogP contribution < -0.4 is 10.6 Å². The van der Waals surface area contributed by atoms with Gasteiger partial charge < -0.3 is 15.4 Å². The van der Waals surface area contributed by atoms with Crippen molar-refractivity contribution in [2.75, 3.05) is 19.0 Å². The third kappa shape index (κ3) is 4.37. The van der Waals surface area contributed by atoms with Crippen LogP contribution in [-0.2, 0) is 14.3 Å². The number of aromatic nitrogens is 1. The van der Waals surface area contributed by atoms with Crippen molar-refractivity contribution in [1.82, 2.24) is 10.3 Å². The molecule has 0 aliphatic rings. The SMILES string of the molecule is COC(CNC(=O)C(=O)Nc1cccnc1)c1ccsc1. The second-order valence-corrected chi connectivity index (χ2v) is 4.97. The molecule has 0 saturated carbocycles. The summed E-state index contributed by atoms with van der Waals surface area (Å²) in [6.45, 7) is 0.229. The van der Waals surface area contributed by atoms with Crippen LogP contribution in [0, 0.1) is 0 Å². The van der Waals surface area contributed by atoms with Crippen LogP contribution in [0.3, 0.4) is 0 Å². The molecular weight excluding hydrogens is 290 g/mol. The van der Waals surface area contributed by atoms with Gasteiger partial charge in [-0.1, -0.05) is 0 Å². The molecular formula is C14H15N3O3S. The third-order valence-corrected chi connectivity index (χ3v) is 3.47. The minimum Gasteiger partial charge on any atom is -0.375 e. The second-order valence-electron chi connectivity index (χ2n) is 4.19. The summed E-state index contributed by atoms with van der Waals surface area (Å²) < 4.78 is 5.29. The minimum absolute atomic E-state index is 0.229. The van der Waals surface area contributed by atoms with Crippen molar-refractivity contribution in [3.05, 3.63) is 46.9 Å². The third-order valence-electron chi connectivity index (χ3n) is 2.77. The van der Waals surface area contributed by atoms with Gasteiger partial charge in [0.15, 0.2) is 0 Å². The van der Waals surface area contributed by atoms with Crippen LogP contribution >= 0.6 is 11.3 Å². The Morgan fingerprint density at radius 3 is 2.86 bits per heavy atom. The first-order valence-electron chi connectivity index (χ1n) is 6.25. The van der Waals surface area contributed by atoms with Crippen molar-refractivity contribution in [2.45, 2.75) is 6.10 Å². The van der Waals surface area contributed by atoms with Gasteiger partial charge in [0, 0.05) is 19.9 Å².